The minimum absolute atomic E-state index is 0.124. The molecule has 2 heterocycles. The van der Waals surface area contributed by atoms with Gasteiger partial charge in [-0.1, -0.05) is 5.92 Å². The zero-order valence-corrected chi connectivity index (χ0v) is 9.57. The van der Waals surface area contributed by atoms with Crippen molar-refractivity contribution >= 4 is 11.3 Å². The molecule has 0 aromatic carbocycles. The van der Waals surface area contributed by atoms with Crippen LogP contribution in [0.3, 0.4) is 0 Å². The van der Waals surface area contributed by atoms with Gasteiger partial charge in [0.05, 0.1) is 5.69 Å². The van der Waals surface area contributed by atoms with Crippen LogP contribution in [-0.2, 0) is 13.0 Å². The van der Waals surface area contributed by atoms with Crippen LogP contribution in [0.2, 0.25) is 0 Å². The number of rotatable bonds is 4. The van der Waals surface area contributed by atoms with Crippen molar-refractivity contribution in [3.05, 3.63) is 28.6 Å². The molecule has 2 rings (SSSR count). The largest absolute Gasteiger partial charge is 0.396 e. The van der Waals surface area contributed by atoms with E-state index in [0.717, 1.165) is 16.8 Å². The van der Waals surface area contributed by atoms with Crippen molar-refractivity contribution in [2.75, 3.05) is 6.61 Å². The van der Waals surface area contributed by atoms with E-state index in [2.05, 4.69) is 11.0 Å². The maximum Gasteiger partial charge on any atom is 0.101 e. The van der Waals surface area contributed by atoms with Crippen LogP contribution >= 0.6 is 11.3 Å². The van der Waals surface area contributed by atoms with Gasteiger partial charge in [0.1, 0.15) is 6.54 Å². The van der Waals surface area contributed by atoms with Gasteiger partial charge in [0.15, 0.2) is 0 Å². The molecule has 2 aromatic rings. The molecule has 1 N–H and O–H groups in total. The second kappa shape index (κ2) is 4.97. The Balaban J connectivity index is 2.38. The zero-order valence-electron chi connectivity index (χ0n) is 8.76. The van der Waals surface area contributed by atoms with Crippen molar-refractivity contribution < 1.29 is 5.11 Å². The minimum Gasteiger partial charge on any atom is -0.396 e. The molecule has 0 radical (unpaired) electrons. The summed E-state index contributed by atoms with van der Waals surface area (Å²) >= 11 is 1.63. The van der Waals surface area contributed by atoms with Gasteiger partial charge in [-0.3, -0.25) is 4.68 Å². The van der Waals surface area contributed by atoms with Gasteiger partial charge in [0.25, 0.3) is 0 Å². The summed E-state index contributed by atoms with van der Waals surface area (Å²) in [6, 6.07) is 2.02. The average molecular weight is 232 g/mol. The molecule has 16 heavy (non-hydrogen) atoms. The van der Waals surface area contributed by atoms with E-state index in [1.165, 1.54) is 0 Å². The Morgan fingerprint density at radius 3 is 3.06 bits per heavy atom. The monoisotopic (exact) mass is 232 g/mol. The van der Waals surface area contributed by atoms with Crippen LogP contribution in [0.25, 0.3) is 11.3 Å². The summed E-state index contributed by atoms with van der Waals surface area (Å²) in [6.45, 7) is 0.585. The van der Waals surface area contributed by atoms with Crippen molar-refractivity contribution in [2.24, 2.45) is 0 Å². The van der Waals surface area contributed by atoms with Gasteiger partial charge in [0, 0.05) is 29.3 Å². The lowest BCUT2D eigenvalue weighted by Gasteiger charge is -1.96. The molecule has 0 saturated carbocycles. The lowest BCUT2D eigenvalue weighted by Crippen LogP contribution is -1.95. The lowest BCUT2D eigenvalue weighted by molar-refractivity contribution is 0.299. The van der Waals surface area contributed by atoms with Crippen LogP contribution in [0.1, 0.15) is 5.56 Å². The SMILES string of the molecule is C#CCn1cc(CCO)c(-c2ccsc2)n1. The molecule has 0 saturated heterocycles. The smallest absolute Gasteiger partial charge is 0.101 e. The summed E-state index contributed by atoms with van der Waals surface area (Å²) in [5, 5.41) is 17.5. The number of aliphatic hydroxyl groups is 1. The maximum atomic E-state index is 9.01. The average Bonchev–Trinajstić information content (AvgIpc) is 2.87. The van der Waals surface area contributed by atoms with Crippen molar-refractivity contribution in [2.45, 2.75) is 13.0 Å². The molecule has 0 aliphatic carbocycles. The van der Waals surface area contributed by atoms with Crippen molar-refractivity contribution in [3.63, 3.8) is 0 Å². The predicted octanol–water partition coefficient (Wildman–Crippen LogP) is 1.78. The van der Waals surface area contributed by atoms with E-state index in [9.17, 15) is 0 Å². The third kappa shape index (κ3) is 2.16. The van der Waals surface area contributed by atoms with Crippen LogP contribution in [0.4, 0.5) is 0 Å². The van der Waals surface area contributed by atoms with Gasteiger partial charge in [-0.2, -0.15) is 16.4 Å². The number of nitrogens with zero attached hydrogens (tertiary/aromatic N) is 2. The Kier molecular flexibility index (Phi) is 3.40. The standard InChI is InChI=1S/C12H12N2OS/c1-2-5-14-8-10(3-6-15)12(13-14)11-4-7-16-9-11/h1,4,7-9,15H,3,5-6H2. The van der Waals surface area contributed by atoms with Crippen LogP contribution in [0, 0.1) is 12.3 Å². The number of thiophene rings is 1. The van der Waals surface area contributed by atoms with Gasteiger partial charge in [-0.05, 0) is 17.9 Å². The Bertz CT molecular complexity index is 494. The first-order valence-corrected chi connectivity index (χ1v) is 5.92. The number of aliphatic hydroxyl groups excluding tert-OH is 1. The first-order valence-electron chi connectivity index (χ1n) is 4.98. The molecule has 0 fully saturated rings. The fraction of sp³-hybridized carbons (Fsp3) is 0.250. The van der Waals surface area contributed by atoms with Crippen molar-refractivity contribution in [1.82, 2.24) is 9.78 Å². The highest BCUT2D eigenvalue weighted by molar-refractivity contribution is 7.08. The Morgan fingerprint density at radius 2 is 2.44 bits per heavy atom. The molecule has 0 amide bonds. The normalized spacial score (nSPS) is 10.2. The molecule has 4 heteroatoms. The highest BCUT2D eigenvalue weighted by Gasteiger charge is 2.10. The quantitative estimate of drug-likeness (QED) is 0.816. The first kappa shape index (κ1) is 10.9. The third-order valence-corrected chi connectivity index (χ3v) is 2.95. The molecule has 3 nitrogen and oxygen atoms in total. The number of hydrogen-bond acceptors (Lipinski definition) is 3. The van der Waals surface area contributed by atoms with Gasteiger partial charge < -0.3 is 5.11 Å². The van der Waals surface area contributed by atoms with Crippen LogP contribution in [0.5, 0.6) is 0 Å². The minimum atomic E-state index is 0.124. The van der Waals surface area contributed by atoms with E-state index in [1.54, 1.807) is 16.0 Å². The number of aromatic nitrogens is 2. The fourth-order valence-corrected chi connectivity index (χ4v) is 2.22. The molecular weight excluding hydrogens is 220 g/mol. The molecule has 82 valence electrons. The van der Waals surface area contributed by atoms with Gasteiger partial charge in [-0.15, -0.1) is 6.42 Å². The van der Waals surface area contributed by atoms with Crippen LogP contribution in [0.15, 0.2) is 23.0 Å². The van der Waals surface area contributed by atoms with Crippen LogP contribution < -0.4 is 0 Å². The molecule has 0 bridgehead atoms. The summed E-state index contributed by atoms with van der Waals surface area (Å²) in [5.41, 5.74) is 3.05. The molecule has 0 spiro atoms. The molecule has 0 unspecified atom stereocenters. The fourth-order valence-electron chi connectivity index (χ4n) is 1.58. The van der Waals surface area contributed by atoms with E-state index in [1.807, 2.05) is 23.0 Å². The molecule has 2 aromatic heterocycles. The van der Waals surface area contributed by atoms with Crippen molar-refractivity contribution in [3.8, 4) is 23.6 Å². The summed E-state index contributed by atoms with van der Waals surface area (Å²) in [6.07, 6.45) is 7.77. The first-order chi connectivity index (χ1) is 7.85. The van der Waals surface area contributed by atoms with Crippen LogP contribution in [-0.4, -0.2) is 21.5 Å². The van der Waals surface area contributed by atoms with E-state index in [0.29, 0.717) is 13.0 Å². The zero-order chi connectivity index (χ0) is 11.4. The topological polar surface area (TPSA) is 38.0 Å². The highest BCUT2D eigenvalue weighted by atomic mass is 32.1. The number of terminal acetylenes is 1. The Hall–Kier alpha value is -1.57. The van der Waals surface area contributed by atoms with E-state index < -0.39 is 0 Å². The summed E-state index contributed by atoms with van der Waals surface area (Å²) in [4.78, 5) is 0. The molecule has 0 aliphatic heterocycles. The molecule has 0 aliphatic rings. The van der Waals surface area contributed by atoms with Gasteiger partial charge in [-0.25, -0.2) is 0 Å². The van der Waals surface area contributed by atoms with Crippen molar-refractivity contribution in [1.29, 1.82) is 0 Å². The maximum absolute atomic E-state index is 9.01. The molecule has 0 atom stereocenters. The highest BCUT2D eigenvalue weighted by Crippen LogP contribution is 2.24. The lowest BCUT2D eigenvalue weighted by atomic mass is 10.1. The Labute approximate surface area is 98.4 Å². The summed E-state index contributed by atoms with van der Waals surface area (Å²) < 4.78 is 1.73. The third-order valence-electron chi connectivity index (χ3n) is 2.27. The van der Waals surface area contributed by atoms with Gasteiger partial charge in [0.2, 0.25) is 0 Å². The second-order valence-electron chi connectivity index (χ2n) is 3.39. The second-order valence-corrected chi connectivity index (χ2v) is 4.17. The van der Waals surface area contributed by atoms with E-state index in [4.69, 9.17) is 11.5 Å². The summed E-state index contributed by atoms with van der Waals surface area (Å²) in [7, 11) is 0. The number of hydrogen-bond donors (Lipinski definition) is 1. The van der Waals surface area contributed by atoms with E-state index in [-0.39, 0.29) is 6.61 Å². The van der Waals surface area contributed by atoms with Gasteiger partial charge >= 0.3 is 0 Å². The summed E-state index contributed by atoms with van der Waals surface area (Å²) in [5.74, 6) is 2.55. The molecular formula is C12H12N2OS. The predicted molar refractivity (Wildman–Crippen MR) is 65.2 cm³/mol. The Morgan fingerprint density at radius 1 is 1.56 bits per heavy atom. The van der Waals surface area contributed by atoms with E-state index >= 15 is 0 Å².